The Morgan fingerprint density at radius 1 is 1.03 bits per heavy atom. The maximum atomic E-state index is 14.2. The molecule has 9 heteroatoms. The van der Waals surface area contributed by atoms with Crippen LogP contribution in [0, 0.1) is 19.7 Å². The summed E-state index contributed by atoms with van der Waals surface area (Å²) in [5.74, 6) is -0.731. The zero-order chi connectivity index (χ0) is 27.0. The third kappa shape index (κ3) is 4.87. The molecule has 0 saturated heterocycles. The van der Waals surface area contributed by atoms with Crippen molar-refractivity contribution in [2.45, 2.75) is 38.3 Å². The fourth-order valence-electron chi connectivity index (χ4n) is 4.75. The number of fused-ring (bicyclic) bond motifs is 1. The van der Waals surface area contributed by atoms with Gasteiger partial charge in [-0.05, 0) is 55.8 Å². The quantitative estimate of drug-likeness (QED) is 0.359. The van der Waals surface area contributed by atoms with Gasteiger partial charge in [0.05, 0.1) is 17.1 Å². The summed E-state index contributed by atoms with van der Waals surface area (Å²) < 4.78 is 44.1. The summed E-state index contributed by atoms with van der Waals surface area (Å²) in [4.78, 5) is 15.2. The summed E-state index contributed by atoms with van der Waals surface area (Å²) in [6.45, 7) is 4.09. The molecule has 7 nitrogen and oxygen atoms in total. The second-order valence-corrected chi connectivity index (χ2v) is 11.5. The highest BCUT2D eigenvalue weighted by molar-refractivity contribution is 7.89. The molecule has 1 aliphatic heterocycles. The lowest BCUT2D eigenvalue weighted by Gasteiger charge is -2.28. The van der Waals surface area contributed by atoms with Gasteiger partial charge in [-0.15, -0.1) is 0 Å². The predicted octanol–water partition coefficient (Wildman–Crippen LogP) is 4.77. The van der Waals surface area contributed by atoms with Crippen LogP contribution in [0.5, 0.6) is 0 Å². The zero-order valence-electron chi connectivity index (χ0n) is 21.6. The normalized spacial score (nSPS) is 13.8. The van der Waals surface area contributed by atoms with Crippen LogP contribution in [0.4, 0.5) is 10.1 Å². The largest absolute Gasteiger partial charge is 0.302 e. The Hall–Kier alpha value is -3.82. The first-order valence-corrected chi connectivity index (χ1v) is 13.8. The number of benzene rings is 3. The lowest BCUT2D eigenvalue weighted by molar-refractivity contribution is 0.0984. The van der Waals surface area contributed by atoms with Crippen molar-refractivity contribution in [1.29, 1.82) is 0 Å². The van der Waals surface area contributed by atoms with Crippen LogP contribution >= 0.6 is 0 Å². The van der Waals surface area contributed by atoms with Crippen LogP contribution in [0.15, 0.2) is 77.7 Å². The van der Waals surface area contributed by atoms with Crippen molar-refractivity contribution in [2.75, 3.05) is 11.4 Å². The fraction of sp³-hybridized carbons (Fsp3) is 0.241. The van der Waals surface area contributed by atoms with Crippen molar-refractivity contribution in [3.05, 3.63) is 112 Å². The van der Waals surface area contributed by atoms with Crippen molar-refractivity contribution in [1.82, 2.24) is 14.1 Å². The van der Waals surface area contributed by atoms with Gasteiger partial charge in [-0.25, -0.2) is 12.8 Å². The Balaban J connectivity index is 1.49. The van der Waals surface area contributed by atoms with E-state index in [0.717, 1.165) is 22.9 Å². The first-order valence-electron chi connectivity index (χ1n) is 12.4. The number of hydrogen-bond donors (Lipinski definition) is 0. The van der Waals surface area contributed by atoms with E-state index in [0.29, 0.717) is 28.9 Å². The molecule has 0 spiro atoms. The highest BCUT2D eigenvalue weighted by Gasteiger charge is 2.33. The van der Waals surface area contributed by atoms with Crippen LogP contribution in [-0.4, -0.2) is 35.0 Å². The standard InChI is InChI=1S/C29H29FN4O3S/c1-20-9-12-22(13-10-20)29(35)34(23-7-5-4-6-8-23)19-27-25-18-33(16-15-28(25)32(3)31-27)38(36,37)24-14-11-21(2)26(30)17-24/h4-14,17H,15-16,18-19H2,1-3H3. The van der Waals surface area contributed by atoms with Gasteiger partial charge in [0.2, 0.25) is 10.0 Å². The Morgan fingerprint density at radius 2 is 1.74 bits per heavy atom. The molecule has 4 aromatic rings. The van der Waals surface area contributed by atoms with E-state index in [9.17, 15) is 17.6 Å². The number of halogens is 1. The first kappa shape index (κ1) is 25.8. The van der Waals surface area contributed by atoms with Crippen LogP contribution in [0.3, 0.4) is 0 Å². The van der Waals surface area contributed by atoms with E-state index in [-0.39, 0.29) is 30.4 Å². The molecule has 3 aromatic carbocycles. The van der Waals surface area contributed by atoms with Crippen LogP contribution in [-0.2, 0) is 36.6 Å². The van der Waals surface area contributed by atoms with Crippen LogP contribution in [0.2, 0.25) is 0 Å². The molecule has 196 valence electrons. The monoisotopic (exact) mass is 532 g/mol. The lowest BCUT2D eigenvalue weighted by atomic mass is 10.1. The summed E-state index contributed by atoms with van der Waals surface area (Å²) in [6, 6.07) is 20.7. The SMILES string of the molecule is Cc1ccc(C(=O)N(Cc2nn(C)c3c2CN(S(=O)(=O)c2ccc(C)c(F)c2)CC3)c2ccccc2)cc1. The van der Waals surface area contributed by atoms with Crippen molar-refractivity contribution in [3.63, 3.8) is 0 Å². The van der Waals surface area contributed by atoms with E-state index >= 15 is 0 Å². The minimum atomic E-state index is -3.92. The molecule has 0 aliphatic carbocycles. The van der Waals surface area contributed by atoms with Gasteiger partial charge in [-0.3, -0.25) is 9.48 Å². The second kappa shape index (κ2) is 10.2. The number of amides is 1. The summed E-state index contributed by atoms with van der Waals surface area (Å²) in [5, 5.41) is 4.70. The smallest absolute Gasteiger partial charge is 0.258 e. The second-order valence-electron chi connectivity index (χ2n) is 9.59. The number of rotatable bonds is 6. The average molecular weight is 533 g/mol. The number of aromatic nitrogens is 2. The molecule has 38 heavy (non-hydrogen) atoms. The molecule has 1 amide bonds. The zero-order valence-corrected chi connectivity index (χ0v) is 22.4. The van der Waals surface area contributed by atoms with Crippen molar-refractivity contribution < 1.29 is 17.6 Å². The van der Waals surface area contributed by atoms with E-state index in [4.69, 9.17) is 5.10 Å². The van der Waals surface area contributed by atoms with Crippen LogP contribution in [0.1, 0.15) is 38.4 Å². The average Bonchev–Trinajstić information content (AvgIpc) is 3.23. The number of anilines is 1. The van der Waals surface area contributed by atoms with Gasteiger partial charge in [-0.2, -0.15) is 9.40 Å². The Kier molecular flexibility index (Phi) is 6.90. The number of carbonyl (C=O) groups is 1. The fourth-order valence-corrected chi connectivity index (χ4v) is 6.17. The van der Waals surface area contributed by atoms with Gasteiger partial charge in [0.1, 0.15) is 5.82 Å². The number of para-hydroxylation sites is 1. The first-order chi connectivity index (χ1) is 18.1. The number of sulfonamides is 1. The maximum absolute atomic E-state index is 14.2. The molecule has 1 aliphatic rings. The number of carbonyl (C=O) groups excluding carboxylic acids is 1. The van der Waals surface area contributed by atoms with Crippen LogP contribution < -0.4 is 4.90 Å². The van der Waals surface area contributed by atoms with Gasteiger partial charge in [0, 0.05) is 49.1 Å². The van der Waals surface area contributed by atoms with Crippen molar-refractivity contribution in [2.24, 2.45) is 7.05 Å². The van der Waals surface area contributed by atoms with E-state index in [1.54, 1.807) is 28.6 Å². The van der Waals surface area contributed by atoms with Crippen LogP contribution in [0.25, 0.3) is 0 Å². The molecular weight excluding hydrogens is 503 g/mol. The molecule has 5 rings (SSSR count). The molecule has 0 radical (unpaired) electrons. The lowest BCUT2D eigenvalue weighted by Crippen LogP contribution is -2.37. The Labute approximate surface area is 222 Å². The molecule has 2 heterocycles. The number of hydrogen-bond acceptors (Lipinski definition) is 4. The minimum absolute atomic E-state index is 0.0741. The summed E-state index contributed by atoms with van der Waals surface area (Å²) in [6.07, 6.45) is 0.462. The van der Waals surface area contributed by atoms with Gasteiger partial charge in [0.15, 0.2) is 0 Å². The van der Waals surface area contributed by atoms with Crippen molar-refractivity contribution in [3.8, 4) is 0 Å². The molecule has 0 fully saturated rings. The van der Waals surface area contributed by atoms with E-state index in [2.05, 4.69) is 0 Å². The third-order valence-corrected chi connectivity index (χ3v) is 8.83. The van der Waals surface area contributed by atoms with E-state index < -0.39 is 15.8 Å². The summed E-state index contributed by atoms with van der Waals surface area (Å²) in [5.41, 5.74) is 5.04. The molecule has 0 atom stereocenters. The molecule has 0 unspecified atom stereocenters. The van der Waals surface area contributed by atoms with Crippen molar-refractivity contribution >= 4 is 21.6 Å². The van der Waals surface area contributed by atoms with Gasteiger partial charge >= 0.3 is 0 Å². The van der Waals surface area contributed by atoms with E-state index in [1.165, 1.54) is 16.4 Å². The molecule has 0 N–H and O–H groups in total. The molecule has 0 bridgehead atoms. The number of aryl methyl sites for hydroxylation is 3. The topological polar surface area (TPSA) is 75.5 Å². The Morgan fingerprint density at radius 3 is 2.42 bits per heavy atom. The van der Waals surface area contributed by atoms with Gasteiger partial charge in [-0.1, -0.05) is 42.0 Å². The minimum Gasteiger partial charge on any atom is -0.302 e. The molecule has 0 saturated carbocycles. The summed E-state index contributed by atoms with van der Waals surface area (Å²) in [7, 11) is -2.09. The van der Waals surface area contributed by atoms with Gasteiger partial charge in [0.25, 0.3) is 5.91 Å². The molecule has 1 aromatic heterocycles. The number of nitrogens with zero attached hydrogens (tertiary/aromatic N) is 4. The maximum Gasteiger partial charge on any atom is 0.258 e. The third-order valence-electron chi connectivity index (χ3n) is 6.99. The predicted molar refractivity (Wildman–Crippen MR) is 144 cm³/mol. The summed E-state index contributed by atoms with van der Waals surface area (Å²) >= 11 is 0. The highest BCUT2D eigenvalue weighted by atomic mass is 32.2. The molecular formula is C29H29FN4O3S. The highest BCUT2D eigenvalue weighted by Crippen LogP contribution is 2.30. The van der Waals surface area contributed by atoms with E-state index in [1.807, 2.05) is 56.4 Å². The Bertz CT molecular complexity index is 1600. The van der Waals surface area contributed by atoms with Gasteiger partial charge < -0.3 is 4.90 Å².